The van der Waals surface area contributed by atoms with E-state index in [4.69, 9.17) is 17.3 Å². The van der Waals surface area contributed by atoms with Gasteiger partial charge in [0, 0.05) is 13.0 Å². The molecule has 0 bridgehead atoms. The van der Waals surface area contributed by atoms with Gasteiger partial charge in [-0.2, -0.15) is 15.1 Å². The molecule has 2 heterocycles. The Bertz CT molecular complexity index is 539. The minimum Gasteiger partial charge on any atom is -0.370 e. The molecule has 8 heteroatoms. The van der Waals surface area contributed by atoms with E-state index in [-0.39, 0.29) is 11.2 Å². The average Bonchev–Trinajstić information content (AvgIpc) is 2.71. The molecular formula is C9H11ClN6O. The van der Waals surface area contributed by atoms with Crippen molar-refractivity contribution in [3.63, 3.8) is 0 Å². The molecule has 2 rings (SSSR count). The number of aromatic amines is 1. The van der Waals surface area contributed by atoms with Gasteiger partial charge in [-0.25, -0.2) is 0 Å². The van der Waals surface area contributed by atoms with Crippen LogP contribution in [0.2, 0.25) is 5.28 Å². The maximum atomic E-state index is 10.6. The van der Waals surface area contributed by atoms with Gasteiger partial charge in [0.1, 0.15) is 5.82 Å². The Morgan fingerprint density at radius 3 is 3.12 bits per heavy atom. The van der Waals surface area contributed by atoms with Crippen molar-refractivity contribution >= 4 is 34.4 Å². The Balaban J connectivity index is 2.07. The Kier molecular flexibility index (Phi) is 3.38. The molecule has 0 atom stereocenters. The number of hydrogen-bond acceptors (Lipinski definition) is 5. The summed E-state index contributed by atoms with van der Waals surface area (Å²) >= 11 is 5.76. The minimum atomic E-state index is -0.319. The van der Waals surface area contributed by atoms with E-state index in [9.17, 15) is 4.79 Å². The number of carbonyl (C=O) groups is 1. The topological polar surface area (TPSA) is 110 Å². The summed E-state index contributed by atoms with van der Waals surface area (Å²) in [5, 5.41) is 10.5. The van der Waals surface area contributed by atoms with Gasteiger partial charge < -0.3 is 11.1 Å². The van der Waals surface area contributed by atoms with Crippen LogP contribution in [0.1, 0.15) is 12.8 Å². The van der Waals surface area contributed by atoms with Gasteiger partial charge in [-0.3, -0.25) is 9.89 Å². The van der Waals surface area contributed by atoms with Crippen LogP contribution in [0, 0.1) is 0 Å². The number of rotatable bonds is 5. The SMILES string of the molecule is NC(=O)CCCNc1nc(Cl)nc2[nH]ncc12. The van der Waals surface area contributed by atoms with Crippen LogP contribution in [-0.2, 0) is 4.79 Å². The van der Waals surface area contributed by atoms with Gasteiger partial charge in [-0.05, 0) is 18.0 Å². The van der Waals surface area contributed by atoms with Crippen LogP contribution in [0.3, 0.4) is 0 Å². The molecule has 0 unspecified atom stereocenters. The summed E-state index contributed by atoms with van der Waals surface area (Å²) < 4.78 is 0. The van der Waals surface area contributed by atoms with Gasteiger partial charge in [-0.1, -0.05) is 0 Å². The van der Waals surface area contributed by atoms with Gasteiger partial charge in [-0.15, -0.1) is 0 Å². The zero-order chi connectivity index (χ0) is 12.3. The second kappa shape index (κ2) is 4.96. The molecule has 0 aromatic carbocycles. The lowest BCUT2D eigenvalue weighted by Crippen LogP contribution is -2.13. The van der Waals surface area contributed by atoms with Crippen molar-refractivity contribution in [3.8, 4) is 0 Å². The molecule has 17 heavy (non-hydrogen) atoms. The van der Waals surface area contributed by atoms with E-state index < -0.39 is 0 Å². The third kappa shape index (κ3) is 2.82. The molecule has 0 spiro atoms. The number of carbonyl (C=O) groups excluding carboxylic acids is 1. The third-order valence-electron chi connectivity index (χ3n) is 2.17. The first-order valence-electron chi connectivity index (χ1n) is 5.05. The van der Waals surface area contributed by atoms with Gasteiger partial charge in [0.05, 0.1) is 11.6 Å². The van der Waals surface area contributed by atoms with Gasteiger partial charge in [0.25, 0.3) is 0 Å². The number of nitrogens with one attached hydrogen (secondary N) is 2. The Labute approximate surface area is 102 Å². The highest BCUT2D eigenvalue weighted by atomic mass is 35.5. The summed E-state index contributed by atoms with van der Waals surface area (Å²) in [6, 6.07) is 0. The molecule has 0 saturated carbocycles. The van der Waals surface area contributed by atoms with Crippen molar-refractivity contribution in [1.82, 2.24) is 20.2 Å². The van der Waals surface area contributed by atoms with E-state index >= 15 is 0 Å². The molecule has 0 aliphatic heterocycles. The summed E-state index contributed by atoms with van der Waals surface area (Å²) in [5.74, 6) is 0.277. The highest BCUT2D eigenvalue weighted by molar-refractivity contribution is 6.28. The van der Waals surface area contributed by atoms with Crippen LogP contribution in [0.25, 0.3) is 11.0 Å². The number of nitrogens with zero attached hydrogens (tertiary/aromatic N) is 3. The third-order valence-corrected chi connectivity index (χ3v) is 2.34. The number of primary amides is 1. The first-order chi connectivity index (χ1) is 8.16. The molecule has 4 N–H and O–H groups in total. The van der Waals surface area contributed by atoms with E-state index in [1.807, 2.05) is 0 Å². The van der Waals surface area contributed by atoms with E-state index in [0.29, 0.717) is 30.9 Å². The predicted molar refractivity (Wildman–Crippen MR) is 63.6 cm³/mol. The number of hydrogen-bond donors (Lipinski definition) is 3. The molecule has 1 amide bonds. The zero-order valence-electron chi connectivity index (χ0n) is 8.90. The molecule has 2 aromatic heterocycles. The van der Waals surface area contributed by atoms with Crippen LogP contribution < -0.4 is 11.1 Å². The fourth-order valence-corrected chi connectivity index (χ4v) is 1.58. The molecular weight excluding hydrogens is 244 g/mol. The summed E-state index contributed by atoms with van der Waals surface area (Å²) in [6.45, 7) is 0.580. The monoisotopic (exact) mass is 254 g/mol. The molecule has 90 valence electrons. The number of fused-ring (bicyclic) bond motifs is 1. The van der Waals surface area contributed by atoms with Crippen LogP contribution in [0.15, 0.2) is 6.20 Å². The minimum absolute atomic E-state index is 0.138. The first kappa shape index (κ1) is 11.6. The van der Waals surface area contributed by atoms with E-state index in [1.54, 1.807) is 6.20 Å². The van der Waals surface area contributed by atoms with Gasteiger partial charge >= 0.3 is 0 Å². The lowest BCUT2D eigenvalue weighted by Gasteiger charge is -2.05. The van der Waals surface area contributed by atoms with Crippen LogP contribution >= 0.6 is 11.6 Å². The first-order valence-corrected chi connectivity index (χ1v) is 5.43. The van der Waals surface area contributed by atoms with Crippen LogP contribution in [-0.4, -0.2) is 32.6 Å². The van der Waals surface area contributed by atoms with Crippen molar-refractivity contribution in [2.45, 2.75) is 12.8 Å². The Morgan fingerprint density at radius 2 is 2.35 bits per heavy atom. The van der Waals surface area contributed by atoms with Crippen LogP contribution in [0.4, 0.5) is 5.82 Å². The maximum absolute atomic E-state index is 10.6. The average molecular weight is 255 g/mol. The van der Waals surface area contributed by atoms with Crippen molar-refractivity contribution in [3.05, 3.63) is 11.5 Å². The summed E-state index contributed by atoms with van der Waals surface area (Å²) in [5.41, 5.74) is 5.61. The number of amides is 1. The standard InChI is InChI=1S/C9H11ClN6O/c10-9-14-7(12-3-1-2-6(11)17)5-4-13-16-8(5)15-9/h4H,1-3H2,(H2,11,17)(H2,12,13,14,15,16). The number of nitrogens with two attached hydrogens (primary N) is 1. The number of H-pyrrole nitrogens is 1. The smallest absolute Gasteiger partial charge is 0.226 e. The Hall–Kier alpha value is -1.89. The summed E-state index contributed by atoms with van der Waals surface area (Å²) in [7, 11) is 0. The number of halogens is 1. The fourth-order valence-electron chi connectivity index (χ4n) is 1.41. The normalized spacial score (nSPS) is 10.6. The van der Waals surface area contributed by atoms with Gasteiger partial charge in [0.2, 0.25) is 11.2 Å². The summed E-state index contributed by atoms with van der Waals surface area (Å²) in [4.78, 5) is 18.6. The lowest BCUT2D eigenvalue weighted by molar-refractivity contribution is -0.118. The van der Waals surface area contributed by atoms with Crippen molar-refractivity contribution in [2.24, 2.45) is 5.73 Å². The van der Waals surface area contributed by atoms with E-state index in [2.05, 4.69) is 25.5 Å². The molecule has 0 aliphatic rings. The highest BCUT2D eigenvalue weighted by Crippen LogP contribution is 2.19. The Morgan fingerprint density at radius 1 is 1.53 bits per heavy atom. The van der Waals surface area contributed by atoms with E-state index in [1.165, 1.54) is 0 Å². The quantitative estimate of drug-likeness (QED) is 0.537. The number of anilines is 1. The largest absolute Gasteiger partial charge is 0.370 e. The van der Waals surface area contributed by atoms with Crippen molar-refractivity contribution in [1.29, 1.82) is 0 Å². The van der Waals surface area contributed by atoms with Crippen LogP contribution in [0.5, 0.6) is 0 Å². The molecule has 0 radical (unpaired) electrons. The second-order valence-corrected chi connectivity index (χ2v) is 3.81. The zero-order valence-corrected chi connectivity index (χ0v) is 9.66. The van der Waals surface area contributed by atoms with Crippen molar-refractivity contribution < 1.29 is 4.79 Å². The molecule has 2 aromatic rings. The molecule has 0 fully saturated rings. The van der Waals surface area contributed by atoms with Gasteiger partial charge in [0.15, 0.2) is 5.65 Å². The fraction of sp³-hybridized carbons (Fsp3) is 0.333. The lowest BCUT2D eigenvalue weighted by atomic mass is 10.3. The highest BCUT2D eigenvalue weighted by Gasteiger charge is 2.07. The molecule has 0 saturated heterocycles. The maximum Gasteiger partial charge on any atom is 0.226 e. The molecule has 7 nitrogen and oxygen atoms in total. The van der Waals surface area contributed by atoms with Crippen molar-refractivity contribution in [2.75, 3.05) is 11.9 Å². The summed E-state index contributed by atoms with van der Waals surface area (Å²) in [6.07, 6.45) is 2.58. The molecule has 0 aliphatic carbocycles. The number of aromatic nitrogens is 4. The second-order valence-electron chi connectivity index (χ2n) is 3.47. The predicted octanol–water partition coefficient (Wildman–Crippen LogP) is 0.684. The van der Waals surface area contributed by atoms with E-state index in [0.717, 1.165) is 5.39 Å².